The normalized spacial score (nSPS) is 36.0. The van der Waals surface area contributed by atoms with E-state index in [2.05, 4.69) is 17.1 Å². The Labute approximate surface area is 94.8 Å². The quantitative estimate of drug-likeness (QED) is 0.775. The van der Waals surface area contributed by atoms with Gasteiger partial charge in [0.2, 0.25) is 5.28 Å². The van der Waals surface area contributed by atoms with E-state index in [1.54, 1.807) is 6.33 Å². The highest BCUT2D eigenvalue weighted by Gasteiger charge is 2.42. The van der Waals surface area contributed by atoms with Gasteiger partial charge in [-0.15, -0.1) is 10.2 Å². The summed E-state index contributed by atoms with van der Waals surface area (Å²) in [4.78, 5) is 0. The van der Waals surface area contributed by atoms with Gasteiger partial charge >= 0.3 is 0 Å². The molecule has 3 nitrogen and oxygen atoms in total. The maximum Gasteiger partial charge on any atom is 0.225 e. The Balaban J connectivity index is 1.81. The van der Waals surface area contributed by atoms with Crippen LogP contribution in [-0.2, 0) is 0 Å². The molecular weight excluding hydrogens is 210 g/mol. The first-order valence-electron chi connectivity index (χ1n) is 5.80. The zero-order valence-electron chi connectivity index (χ0n) is 8.93. The molecule has 4 heteroatoms. The van der Waals surface area contributed by atoms with Gasteiger partial charge in [-0.25, -0.2) is 0 Å². The van der Waals surface area contributed by atoms with Crippen molar-refractivity contribution < 1.29 is 0 Å². The van der Waals surface area contributed by atoms with Crippen LogP contribution in [0, 0.1) is 17.8 Å². The number of aromatic nitrogens is 3. The Morgan fingerprint density at radius 2 is 2.33 bits per heavy atom. The molecule has 1 aromatic rings. The van der Waals surface area contributed by atoms with E-state index in [4.69, 9.17) is 11.6 Å². The highest BCUT2D eigenvalue weighted by molar-refractivity contribution is 6.28. The van der Waals surface area contributed by atoms with Crippen LogP contribution in [0.25, 0.3) is 0 Å². The summed E-state index contributed by atoms with van der Waals surface area (Å²) in [5, 5.41) is 8.24. The zero-order valence-corrected chi connectivity index (χ0v) is 9.69. The van der Waals surface area contributed by atoms with E-state index in [1.165, 1.54) is 25.7 Å². The average molecular weight is 226 g/mol. The zero-order chi connectivity index (χ0) is 10.4. The van der Waals surface area contributed by atoms with Crippen molar-refractivity contribution in [2.75, 3.05) is 0 Å². The maximum absolute atomic E-state index is 6.00. The van der Waals surface area contributed by atoms with Gasteiger partial charge in [0.1, 0.15) is 6.33 Å². The molecule has 4 unspecified atom stereocenters. The predicted octanol–water partition coefficient (Wildman–Crippen LogP) is 2.93. The molecule has 4 atom stereocenters. The van der Waals surface area contributed by atoms with Crippen molar-refractivity contribution in [1.29, 1.82) is 0 Å². The summed E-state index contributed by atoms with van der Waals surface area (Å²) in [5.41, 5.74) is 0. The van der Waals surface area contributed by atoms with Gasteiger partial charge in [0.15, 0.2) is 0 Å². The molecular formula is C11H16ClN3. The summed E-state index contributed by atoms with van der Waals surface area (Å²) in [6.45, 7) is 2.25. The maximum atomic E-state index is 6.00. The first-order valence-corrected chi connectivity index (χ1v) is 6.18. The van der Waals surface area contributed by atoms with Gasteiger partial charge < -0.3 is 4.57 Å². The minimum atomic E-state index is 0.461. The Bertz CT molecular complexity index is 362. The van der Waals surface area contributed by atoms with Crippen LogP contribution in [0.1, 0.15) is 38.6 Å². The van der Waals surface area contributed by atoms with E-state index in [-0.39, 0.29) is 0 Å². The molecule has 0 radical (unpaired) electrons. The Morgan fingerprint density at radius 3 is 2.87 bits per heavy atom. The van der Waals surface area contributed by atoms with Gasteiger partial charge in [0, 0.05) is 6.04 Å². The van der Waals surface area contributed by atoms with Crippen molar-refractivity contribution in [2.24, 2.45) is 17.8 Å². The minimum absolute atomic E-state index is 0.461. The van der Waals surface area contributed by atoms with Crippen LogP contribution in [-0.4, -0.2) is 14.8 Å². The van der Waals surface area contributed by atoms with Crippen molar-refractivity contribution in [1.82, 2.24) is 14.8 Å². The second-order valence-corrected chi connectivity index (χ2v) is 5.42. The van der Waals surface area contributed by atoms with E-state index in [0.717, 1.165) is 17.8 Å². The Morgan fingerprint density at radius 1 is 1.47 bits per heavy atom. The average Bonchev–Trinajstić information content (AvgIpc) is 2.91. The molecule has 2 saturated carbocycles. The monoisotopic (exact) mass is 225 g/mol. The lowest BCUT2D eigenvalue weighted by Gasteiger charge is -2.28. The van der Waals surface area contributed by atoms with Crippen LogP contribution < -0.4 is 0 Å². The Kier molecular flexibility index (Phi) is 2.23. The lowest BCUT2D eigenvalue weighted by molar-refractivity contribution is 0.242. The van der Waals surface area contributed by atoms with Crippen molar-refractivity contribution in [3.63, 3.8) is 0 Å². The molecule has 15 heavy (non-hydrogen) atoms. The largest absolute Gasteiger partial charge is 0.301 e. The molecule has 0 spiro atoms. The Hall–Kier alpha value is -0.570. The summed E-state index contributed by atoms with van der Waals surface area (Å²) >= 11 is 6.00. The van der Waals surface area contributed by atoms with Gasteiger partial charge in [0.25, 0.3) is 0 Å². The van der Waals surface area contributed by atoms with Crippen LogP contribution >= 0.6 is 11.6 Å². The molecule has 1 heterocycles. The summed E-state index contributed by atoms with van der Waals surface area (Å²) in [5.74, 6) is 2.69. The third kappa shape index (κ3) is 1.48. The van der Waals surface area contributed by atoms with Gasteiger partial charge in [-0.1, -0.05) is 6.42 Å². The second-order valence-electron chi connectivity index (χ2n) is 5.09. The van der Waals surface area contributed by atoms with Gasteiger partial charge in [-0.2, -0.15) is 0 Å². The highest BCUT2D eigenvalue weighted by atomic mass is 35.5. The standard InChI is InChI=1S/C11H16ClN3/c1-7(15-6-13-14-11(15)12)10-5-8-2-3-9(10)4-8/h6-10H,2-5H2,1H3. The number of halogens is 1. The van der Waals surface area contributed by atoms with Crippen LogP contribution in [0.3, 0.4) is 0 Å². The van der Waals surface area contributed by atoms with Gasteiger partial charge in [0.05, 0.1) is 0 Å². The lowest BCUT2D eigenvalue weighted by atomic mass is 9.84. The predicted molar refractivity (Wildman–Crippen MR) is 58.7 cm³/mol. The van der Waals surface area contributed by atoms with E-state index in [0.29, 0.717) is 11.3 Å². The smallest absolute Gasteiger partial charge is 0.225 e. The number of nitrogens with zero attached hydrogens (tertiary/aromatic N) is 3. The van der Waals surface area contributed by atoms with Crippen LogP contribution in [0.15, 0.2) is 6.33 Å². The van der Waals surface area contributed by atoms with Crippen molar-refractivity contribution >= 4 is 11.6 Å². The van der Waals surface area contributed by atoms with Crippen molar-refractivity contribution in [3.05, 3.63) is 11.6 Å². The summed E-state index contributed by atoms with van der Waals surface area (Å²) in [6, 6.07) is 0.461. The molecule has 2 fully saturated rings. The minimum Gasteiger partial charge on any atom is -0.301 e. The molecule has 2 aliphatic carbocycles. The topological polar surface area (TPSA) is 30.7 Å². The van der Waals surface area contributed by atoms with Crippen LogP contribution in [0.4, 0.5) is 0 Å². The number of hydrogen-bond acceptors (Lipinski definition) is 2. The molecule has 2 bridgehead atoms. The SMILES string of the molecule is CC(C1CC2CCC1C2)n1cnnc1Cl. The van der Waals surface area contributed by atoms with E-state index in [1.807, 2.05) is 4.57 Å². The molecule has 3 rings (SSSR count). The fraction of sp³-hybridized carbons (Fsp3) is 0.818. The lowest BCUT2D eigenvalue weighted by Crippen LogP contribution is -2.21. The van der Waals surface area contributed by atoms with E-state index < -0.39 is 0 Å². The molecule has 1 aromatic heterocycles. The third-order valence-electron chi connectivity index (χ3n) is 4.38. The second kappa shape index (κ2) is 3.48. The first-order chi connectivity index (χ1) is 7.25. The van der Waals surface area contributed by atoms with E-state index >= 15 is 0 Å². The summed E-state index contributed by atoms with van der Waals surface area (Å²) in [6.07, 6.45) is 7.44. The highest BCUT2D eigenvalue weighted by Crippen LogP contribution is 2.52. The van der Waals surface area contributed by atoms with Gasteiger partial charge in [-0.05, 0) is 55.5 Å². The number of rotatable bonds is 2. The fourth-order valence-electron chi connectivity index (χ4n) is 3.59. The van der Waals surface area contributed by atoms with Crippen LogP contribution in [0.2, 0.25) is 5.28 Å². The molecule has 82 valence electrons. The molecule has 2 aliphatic rings. The number of fused-ring (bicyclic) bond motifs is 2. The molecule has 0 amide bonds. The van der Waals surface area contributed by atoms with Crippen molar-refractivity contribution in [2.45, 2.75) is 38.6 Å². The number of hydrogen-bond donors (Lipinski definition) is 0. The molecule has 0 aromatic carbocycles. The van der Waals surface area contributed by atoms with E-state index in [9.17, 15) is 0 Å². The first kappa shape index (κ1) is 9.64. The third-order valence-corrected chi connectivity index (χ3v) is 4.65. The molecule has 0 aliphatic heterocycles. The summed E-state index contributed by atoms with van der Waals surface area (Å²) in [7, 11) is 0. The van der Waals surface area contributed by atoms with Gasteiger partial charge in [-0.3, -0.25) is 0 Å². The van der Waals surface area contributed by atoms with Crippen LogP contribution in [0.5, 0.6) is 0 Å². The fourth-order valence-corrected chi connectivity index (χ4v) is 3.83. The molecule has 0 N–H and O–H groups in total. The molecule has 0 saturated heterocycles. The summed E-state index contributed by atoms with van der Waals surface area (Å²) < 4.78 is 2.02. The van der Waals surface area contributed by atoms with Crippen molar-refractivity contribution in [3.8, 4) is 0 Å².